The molecule has 1 N–H and O–H groups in total. The number of anilines is 2. The number of aromatic amines is 1. The van der Waals surface area contributed by atoms with Crippen LogP contribution in [0.25, 0.3) is 0 Å². The van der Waals surface area contributed by atoms with Gasteiger partial charge in [-0.2, -0.15) is 17.5 Å². The van der Waals surface area contributed by atoms with Crippen molar-refractivity contribution in [3.8, 4) is 0 Å². The van der Waals surface area contributed by atoms with E-state index in [9.17, 15) is 21.6 Å². The van der Waals surface area contributed by atoms with Crippen molar-refractivity contribution in [3.63, 3.8) is 0 Å². The van der Waals surface area contributed by atoms with Gasteiger partial charge < -0.3 is 14.8 Å². The molecule has 0 saturated carbocycles. The summed E-state index contributed by atoms with van der Waals surface area (Å²) in [4.78, 5) is 11.2. The van der Waals surface area contributed by atoms with E-state index in [1.165, 1.54) is 0 Å². The quantitative estimate of drug-likeness (QED) is 0.627. The molecule has 0 aliphatic carbocycles. The van der Waals surface area contributed by atoms with Crippen molar-refractivity contribution in [2.24, 2.45) is 0 Å². The molecular weight excluding hydrogens is 443 g/mol. The van der Waals surface area contributed by atoms with Crippen LogP contribution in [0, 0.1) is 0 Å². The van der Waals surface area contributed by atoms with Crippen molar-refractivity contribution in [3.05, 3.63) is 54.6 Å². The van der Waals surface area contributed by atoms with Crippen LogP contribution >= 0.6 is 0 Å². The third-order valence-electron chi connectivity index (χ3n) is 6.03. The number of allylic oxidation sites excluding steroid dienone is 1. The molecule has 2 aliphatic heterocycles. The number of nitrogens with one attached hydrogen (secondary N) is 1. The van der Waals surface area contributed by atoms with Crippen molar-refractivity contribution in [2.75, 3.05) is 29.4 Å². The van der Waals surface area contributed by atoms with Gasteiger partial charge in [0.1, 0.15) is 0 Å². The average molecular weight is 470 g/mol. The fourth-order valence-corrected chi connectivity index (χ4v) is 5.16. The molecule has 1 saturated heterocycles. The fraction of sp³-hybridized carbons (Fsp3) is 0.476. The SMILES string of the molecule is C=CCCC1CN(S(=O)(=O)C(F)(F)F)Cc2cc(N3CCC3)ccc2N1Cc1cnc[nH]1. The monoisotopic (exact) mass is 469 g/mol. The summed E-state index contributed by atoms with van der Waals surface area (Å²) in [5, 5.41) is 0. The van der Waals surface area contributed by atoms with Crippen LogP contribution in [-0.4, -0.2) is 53.9 Å². The lowest BCUT2D eigenvalue weighted by atomic mass is 10.1. The minimum Gasteiger partial charge on any atom is -0.371 e. The van der Waals surface area contributed by atoms with E-state index in [1.54, 1.807) is 18.6 Å². The van der Waals surface area contributed by atoms with Crippen LogP contribution in [0.5, 0.6) is 0 Å². The zero-order chi connectivity index (χ0) is 22.9. The molecule has 1 fully saturated rings. The molecule has 0 bridgehead atoms. The van der Waals surface area contributed by atoms with Crippen LogP contribution in [0.4, 0.5) is 24.5 Å². The molecule has 174 valence electrons. The molecule has 1 unspecified atom stereocenters. The molecule has 3 heterocycles. The zero-order valence-corrected chi connectivity index (χ0v) is 18.4. The summed E-state index contributed by atoms with van der Waals surface area (Å²) in [6.45, 7) is 5.25. The first kappa shape index (κ1) is 22.7. The normalized spacial score (nSPS) is 19.9. The summed E-state index contributed by atoms with van der Waals surface area (Å²) in [7, 11) is -5.49. The molecule has 2 aliphatic rings. The molecule has 11 heteroatoms. The minimum atomic E-state index is -5.49. The smallest absolute Gasteiger partial charge is 0.371 e. The Morgan fingerprint density at radius 3 is 2.66 bits per heavy atom. The van der Waals surface area contributed by atoms with E-state index in [0.717, 1.165) is 36.6 Å². The lowest BCUT2D eigenvalue weighted by Gasteiger charge is -2.35. The van der Waals surface area contributed by atoms with E-state index in [4.69, 9.17) is 0 Å². The largest absolute Gasteiger partial charge is 0.511 e. The van der Waals surface area contributed by atoms with Gasteiger partial charge >= 0.3 is 15.5 Å². The molecule has 1 aromatic carbocycles. The van der Waals surface area contributed by atoms with Gasteiger partial charge in [-0.3, -0.25) is 0 Å². The number of benzene rings is 1. The summed E-state index contributed by atoms with van der Waals surface area (Å²) >= 11 is 0. The molecule has 0 spiro atoms. The van der Waals surface area contributed by atoms with Crippen molar-refractivity contribution >= 4 is 21.4 Å². The third kappa shape index (κ3) is 4.36. The van der Waals surface area contributed by atoms with E-state index >= 15 is 0 Å². The topological polar surface area (TPSA) is 72.5 Å². The number of rotatable bonds is 7. The van der Waals surface area contributed by atoms with Crippen LogP contribution < -0.4 is 9.80 Å². The Morgan fingerprint density at radius 1 is 1.28 bits per heavy atom. The Kier molecular flexibility index (Phi) is 6.22. The van der Waals surface area contributed by atoms with E-state index < -0.39 is 21.6 Å². The summed E-state index contributed by atoms with van der Waals surface area (Å²) < 4.78 is 65.9. The second kappa shape index (κ2) is 8.78. The number of aromatic nitrogens is 2. The molecule has 4 rings (SSSR count). The van der Waals surface area contributed by atoms with Crippen LogP contribution in [-0.2, 0) is 23.1 Å². The molecular formula is C21H26F3N5O2S. The number of nitrogens with zero attached hydrogens (tertiary/aromatic N) is 4. The summed E-state index contributed by atoms with van der Waals surface area (Å²) in [6, 6.07) is 5.20. The highest BCUT2D eigenvalue weighted by Crippen LogP contribution is 2.38. The first-order chi connectivity index (χ1) is 15.2. The Balaban J connectivity index is 1.79. The van der Waals surface area contributed by atoms with Crippen molar-refractivity contribution in [1.29, 1.82) is 0 Å². The number of imidazole rings is 1. The molecule has 1 aromatic heterocycles. The Hall–Kier alpha value is -2.53. The van der Waals surface area contributed by atoms with Crippen LogP contribution in [0.2, 0.25) is 0 Å². The molecule has 0 amide bonds. The van der Waals surface area contributed by atoms with E-state index in [-0.39, 0.29) is 13.1 Å². The van der Waals surface area contributed by atoms with Gasteiger partial charge in [-0.25, -0.2) is 13.4 Å². The van der Waals surface area contributed by atoms with Gasteiger partial charge in [-0.05, 0) is 43.0 Å². The second-order valence-electron chi connectivity index (χ2n) is 8.12. The third-order valence-corrected chi connectivity index (χ3v) is 7.57. The van der Waals surface area contributed by atoms with E-state index in [0.29, 0.717) is 29.3 Å². The van der Waals surface area contributed by atoms with Gasteiger partial charge in [0, 0.05) is 49.8 Å². The van der Waals surface area contributed by atoms with Gasteiger partial charge in [0.2, 0.25) is 0 Å². The minimum absolute atomic E-state index is 0.266. The molecule has 7 nitrogen and oxygen atoms in total. The standard InChI is InChI=1S/C21H26F3N5O2S/c1-2-3-5-19-14-28(32(30,31)21(22,23)24)12-16-10-18(27-8-4-9-27)6-7-20(16)29(19)13-17-11-25-15-26-17/h2,6-7,10-11,15,19H,1,3-5,8-9,12-14H2,(H,25,26). The highest BCUT2D eigenvalue weighted by atomic mass is 32.2. The number of sulfonamides is 1. The lowest BCUT2D eigenvalue weighted by molar-refractivity contribution is -0.0492. The first-order valence-corrected chi connectivity index (χ1v) is 11.9. The van der Waals surface area contributed by atoms with Crippen LogP contribution in [0.15, 0.2) is 43.4 Å². The van der Waals surface area contributed by atoms with Crippen molar-refractivity contribution in [2.45, 2.75) is 43.9 Å². The highest BCUT2D eigenvalue weighted by molar-refractivity contribution is 7.89. The zero-order valence-electron chi connectivity index (χ0n) is 17.6. The maximum atomic E-state index is 13.5. The summed E-state index contributed by atoms with van der Waals surface area (Å²) in [5.41, 5.74) is -2.38. The maximum Gasteiger partial charge on any atom is 0.511 e. The van der Waals surface area contributed by atoms with Gasteiger partial charge in [0.05, 0.1) is 18.6 Å². The summed E-state index contributed by atoms with van der Waals surface area (Å²) in [5.74, 6) is 0. The first-order valence-electron chi connectivity index (χ1n) is 10.5. The van der Waals surface area contributed by atoms with Crippen molar-refractivity contribution in [1.82, 2.24) is 14.3 Å². The van der Waals surface area contributed by atoms with Gasteiger partial charge in [-0.1, -0.05) is 6.08 Å². The Bertz CT molecular complexity index is 1050. The predicted molar refractivity (Wildman–Crippen MR) is 117 cm³/mol. The van der Waals surface area contributed by atoms with E-state index in [2.05, 4.69) is 21.4 Å². The Morgan fingerprint density at radius 2 is 2.06 bits per heavy atom. The Labute approximate surface area is 185 Å². The molecule has 2 aromatic rings. The molecule has 0 radical (unpaired) electrons. The number of hydrogen-bond acceptors (Lipinski definition) is 5. The number of H-pyrrole nitrogens is 1. The molecule has 1 atom stereocenters. The maximum absolute atomic E-state index is 13.5. The average Bonchev–Trinajstić information content (AvgIpc) is 3.14. The van der Waals surface area contributed by atoms with E-state index in [1.807, 2.05) is 23.1 Å². The lowest BCUT2D eigenvalue weighted by Crippen LogP contribution is -2.46. The van der Waals surface area contributed by atoms with Crippen LogP contribution in [0.1, 0.15) is 30.5 Å². The number of halogens is 3. The van der Waals surface area contributed by atoms with Gasteiger partial charge in [0.15, 0.2) is 0 Å². The van der Waals surface area contributed by atoms with Gasteiger partial charge in [0.25, 0.3) is 0 Å². The summed E-state index contributed by atoms with van der Waals surface area (Å²) in [6.07, 6.45) is 6.96. The number of alkyl halides is 3. The van der Waals surface area contributed by atoms with Crippen molar-refractivity contribution < 1.29 is 21.6 Å². The highest BCUT2D eigenvalue weighted by Gasteiger charge is 2.51. The van der Waals surface area contributed by atoms with Crippen LogP contribution in [0.3, 0.4) is 0 Å². The predicted octanol–water partition coefficient (Wildman–Crippen LogP) is 3.63. The molecule has 32 heavy (non-hydrogen) atoms. The fourth-order valence-electron chi connectivity index (χ4n) is 4.19. The van der Waals surface area contributed by atoms with Gasteiger partial charge in [-0.15, -0.1) is 6.58 Å². The second-order valence-corrected chi connectivity index (χ2v) is 10.1. The number of hydrogen-bond donors (Lipinski definition) is 1. The number of fused-ring (bicyclic) bond motifs is 1.